The first-order valence-corrected chi connectivity index (χ1v) is 8.75. The third kappa shape index (κ3) is 3.22. The number of rotatable bonds is 5. The molecule has 0 aliphatic carbocycles. The van der Waals surface area contributed by atoms with Crippen LogP contribution in [-0.2, 0) is 0 Å². The van der Waals surface area contributed by atoms with Crippen LogP contribution >= 0.6 is 11.3 Å². The van der Waals surface area contributed by atoms with E-state index in [0.29, 0.717) is 5.69 Å². The van der Waals surface area contributed by atoms with Crippen molar-refractivity contribution in [1.82, 2.24) is 10.3 Å². The van der Waals surface area contributed by atoms with Crippen molar-refractivity contribution < 1.29 is 14.3 Å². The van der Waals surface area contributed by atoms with Crippen LogP contribution in [0.25, 0.3) is 22.2 Å². The molecule has 1 atom stereocenters. The van der Waals surface area contributed by atoms with Crippen LogP contribution < -0.4 is 5.32 Å². The summed E-state index contributed by atoms with van der Waals surface area (Å²) >= 11 is 1.44. The quantitative estimate of drug-likeness (QED) is 0.509. The molecule has 0 radical (unpaired) electrons. The molecule has 5 nitrogen and oxygen atoms in total. The van der Waals surface area contributed by atoms with Crippen LogP contribution in [0.1, 0.15) is 21.5 Å². The molecule has 1 amide bonds. The van der Waals surface area contributed by atoms with Gasteiger partial charge in [-0.05, 0) is 30.3 Å². The van der Waals surface area contributed by atoms with Gasteiger partial charge in [-0.25, -0.2) is 0 Å². The van der Waals surface area contributed by atoms with Gasteiger partial charge in [-0.15, -0.1) is 11.3 Å². The van der Waals surface area contributed by atoms with E-state index in [1.165, 1.54) is 11.3 Å². The van der Waals surface area contributed by atoms with Crippen LogP contribution in [0.2, 0.25) is 0 Å². The van der Waals surface area contributed by atoms with E-state index in [1.54, 1.807) is 12.3 Å². The zero-order valence-electron chi connectivity index (χ0n) is 13.2. The van der Waals surface area contributed by atoms with Gasteiger partial charge >= 0.3 is 0 Å². The van der Waals surface area contributed by atoms with E-state index in [4.69, 9.17) is 4.42 Å². The molecular weight excluding hydrogens is 336 g/mol. The molecule has 0 saturated carbocycles. The molecule has 4 rings (SSSR count). The number of aromatic nitrogens is 1. The fourth-order valence-corrected chi connectivity index (χ4v) is 3.56. The molecule has 126 valence electrons. The van der Waals surface area contributed by atoms with Crippen molar-refractivity contribution in [2.75, 3.05) is 6.54 Å². The third-order valence-corrected chi connectivity index (χ3v) is 5.02. The minimum absolute atomic E-state index is 0.145. The van der Waals surface area contributed by atoms with Gasteiger partial charge in [0.15, 0.2) is 0 Å². The Balaban J connectivity index is 1.41. The summed E-state index contributed by atoms with van der Waals surface area (Å²) in [7, 11) is 0. The zero-order valence-corrected chi connectivity index (χ0v) is 14.0. The average molecular weight is 352 g/mol. The predicted octanol–water partition coefficient (Wildman–Crippen LogP) is 3.95. The number of hydrogen-bond donors (Lipinski definition) is 3. The summed E-state index contributed by atoms with van der Waals surface area (Å²) in [6.45, 7) is 0.145. The van der Waals surface area contributed by atoms with Crippen molar-refractivity contribution in [2.45, 2.75) is 6.10 Å². The van der Waals surface area contributed by atoms with Crippen molar-refractivity contribution in [1.29, 1.82) is 0 Å². The highest BCUT2D eigenvalue weighted by molar-refractivity contribution is 7.10. The normalized spacial score (nSPS) is 12.4. The standard InChI is InChI=1S/C19H16N2O3S/c22-16(18-9-13(11-25-18)17-6-3-7-24-17)10-20-19(23)15-8-12-4-1-2-5-14(12)21-15/h1-9,11,16,21-22H,10H2,(H,20,23). The first-order valence-electron chi connectivity index (χ1n) is 7.87. The number of para-hydroxylation sites is 1. The zero-order chi connectivity index (χ0) is 17.2. The Morgan fingerprint density at radius 2 is 2.12 bits per heavy atom. The van der Waals surface area contributed by atoms with Gasteiger partial charge in [0.05, 0.1) is 6.26 Å². The summed E-state index contributed by atoms with van der Waals surface area (Å²) in [5.41, 5.74) is 2.32. The summed E-state index contributed by atoms with van der Waals surface area (Å²) in [4.78, 5) is 16.1. The summed E-state index contributed by atoms with van der Waals surface area (Å²) in [6.07, 6.45) is 0.853. The fraction of sp³-hybridized carbons (Fsp3) is 0.105. The van der Waals surface area contributed by atoms with Crippen molar-refractivity contribution in [3.05, 3.63) is 70.7 Å². The van der Waals surface area contributed by atoms with E-state index < -0.39 is 6.10 Å². The second kappa shape index (κ2) is 6.58. The van der Waals surface area contributed by atoms with Crippen molar-refractivity contribution in [3.63, 3.8) is 0 Å². The van der Waals surface area contributed by atoms with Crippen molar-refractivity contribution in [3.8, 4) is 11.3 Å². The number of carbonyl (C=O) groups is 1. The minimum Gasteiger partial charge on any atom is -0.464 e. The summed E-state index contributed by atoms with van der Waals surface area (Å²) in [6, 6.07) is 15.1. The maximum Gasteiger partial charge on any atom is 0.267 e. The molecule has 1 aromatic carbocycles. The van der Waals surface area contributed by atoms with E-state index in [-0.39, 0.29) is 12.5 Å². The molecule has 6 heteroatoms. The molecule has 3 heterocycles. The SMILES string of the molecule is O=C(NCC(O)c1cc(-c2ccco2)cs1)c1cc2ccccc2[nH]1. The number of hydrogen-bond acceptors (Lipinski definition) is 4. The van der Waals surface area contributed by atoms with Gasteiger partial charge in [0.2, 0.25) is 0 Å². The number of amides is 1. The Morgan fingerprint density at radius 1 is 1.24 bits per heavy atom. The van der Waals surface area contributed by atoms with Crippen LogP contribution in [0, 0.1) is 0 Å². The second-order valence-corrected chi connectivity index (χ2v) is 6.65. The summed E-state index contributed by atoms with van der Waals surface area (Å²) in [5.74, 6) is 0.523. The Morgan fingerprint density at radius 3 is 2.92 bits per heavy atom. The largest absolute Gasteiger partial charge is 0.464 e. The highest BCUT2D eigenvalue weighted by atomic mass is 32.1. The molecule has 3 N–H and O–H groups in total. The monoisotopic (exact) mass is 352 g/mol. The smallest absolute Gasteiger partial charge is 0.267 e. The number of thiophene rings is 1. The minimum atomic E-state index is -0.762. The number of fused-ring (bicyclic) bond motifs is 1. The first-order chi connectivity index (χ1) is 12.2. The van der Waals surface area contributed by atoms with Gasteiger partial charge in [0.25, 0.3) is 5.91 Å². The lowest BCUT2D eigenvalue weighted by atomic mass is 10.2. The highest BCUT2D eigenvalue weighted by Gasteiger charge is 2.15. The molecule has 0 aliphatic heterocycles. The number of aromatic amines is 1. The highest BCUT2D eigenvalue weighted by Crippen LogP contribution is 2.29. The number of H-pyrrole nitrogens is 1. The summed E-state index contributed by atoms with van der Waals surface area (Å²) < 4.78 is 5.35. The van der Waals surface area contributed by atoms with Crippen molar-refractivity contribution in [2.24, 2.45) is 0 Å². The number of aliphatic hydroxyl groups is 1. The Kier molecular flexibility index (Phi) is 4.13. The van der Waals surface area contributed by atoms with Gasteiger partial charge in [-0.2, -0.15) is 0 Å². The topological polar surface area (TPSA) is 78.3 Å². The number of furan rings is 1. The van der Waals surface area contributed by atoms with E-state index in [0.717, 1.165) is 27.1 Å². The lowest BCUT2D eigenvalue weighted by Gasteiger charge is -2.09. The lowest BCUT2D eigenvalue weighted by Crippen LogP contribution is -2.28. The molecule has 0 fully saturated rings. The lowest BCUT2D eigenvalue weighted by molar-refractivity contribution is 0.0914. The molecule has 4 aromatic rings. The molecule has 0 spiro atoms. The van der Waals surface area contributed by atoms with Gasteiger partial charge < -0.3 is 19.8 Å². The maximum atomic E-state index is 12.3. The number of benzene rings is 1. The maximum absolute atomic E-state index is 12.3. The van der Waals surface area contributed by atoms with E-state index >= 15 is 0 Å². The van der Waals surface area contributed by atoms with Crippen LogP contribution in [0.15, 0.2) is 64.6 Å². The van der Waals surface area contributed by atoms with E-state index in [2.05, 4.69) is 10.3 Å². The molecule has 0 saturated heterocycles. The Labute approximate surface area is 147 Å². The summed E-state index contributed by atoms with van der Waals surface area (Å²) in [5, 5.41) is 16.0. The number of carbonyl (C=O) groups excluding carboxylic acids is 1. The Hall–Kier alpha value is -2.83. The van der Waals surface area contributed by atoms with Crippen LogP contribution in [0.3, 0.4) is 0 Å². The van der Waals surface area contributed by atoms with Gasteiger partial charge in [-0.3, -0.25) is 4.79 Å². The van der Waals surface area contributed by atoms with E-state index in [1.807, 2.05) is 47.8 Å². The molecule has 0 bridgehead atoms. The molecular formula is C19H16N2O3S. The third-order valence-electron chi connectivity index (χ3n) is 3.98. The van der Waals surface area contributed by atoms with Crippen molar-refractivity contribution >= 4 is 28.1 Å². The number of nitrogens with one attached hydrogen (secondary N) is 2. The Bertz CT molecular complexity index is 968. The fourth-order valence-electron chi connectivity index (χ4n) is 2.68. The van der Waals surface area contributed by atoms with Crippen LogP contribution in [0.4, 0.5) is 0 Å². The van der Waals surface area contributed by atoms with Crippen LogP contribution in [0.5, 0.6) is 0 Å². The molecule has 1 unspecified atom stereocenters. The van der Waals surface area contributed by atoms with Gasteiger partial charge in [-0.1, -0.05) is 18.2 Å². The second-order valence-electron chi connectivity index (χ2n) is 5.71. The van der Waals surface area contributed by atoms with E-state index in [9.17, 15) is 9.90 Å². The first kappa shape index (κ1) is 15.7. The molecule has 25 heavy (non-hydrogen) atoms. The van der Waals surface area contributed by atoms with Gasteiger partial charge in [0.1, 0.15) is 17.6 Å². The average Bonchev–Trinajstić information content (AvgIpc) is 3.38. The van der Waals surface area contributed by atoms with Crippen LogP contribution in [-0.4, -0.2) is 22.5 Å². The molecule has 3 aromatic heterocycles. The predicted molar refractivity (Wildman–Crippen MR) is 97.6 cm³/mol. The number of aliphatic hydroxyl groups excluding tert-OH is 1. The molecule has 0 aliphatic rings. The van der Waals surface area contributed by atoms with Gasteiger partial charge in [0, 0.05) is 33.3 Å².